The predicted octanol–water partition coefficient (Wildman–Crippen LogP) is 3.00. The van der Waals surface area contributed by atoms with Crippen molar-refractivity contribution in [2.75, 3.05) is 19.5 Å². The van der Waals surface area contributed by atoms with Crippen molar-refractivity contribution in [3.8, 4) is 5.75 Å². The van der Waals surface area contributed by atoms with Crippen LogP contribution in [-0.2, 0) is 0 Å². The van der Waals surface area contributed by atoms with E-state index in [4.69, 9.17) is 14.7 Å². The highest BCUT2D eigenvalue weighted by Gasteiger charge is 2.36. The number of aliphatic hydroxyl groups is 1. The van der Waals surface area contributed by atoms with Gasteiger partial charge in [0.2, 0.25) is 5.69 Å². The van der Waals surface area contributed by atoms with Gasteiger partial charge in [0, 0.05) is 40.4 Å². The summed E-state index contributed by atoms with van der Waals surface area (Å²) in [4.78, 5) is 18.7. The molecule has 5 rings (SSSR count). The molecule has 2 N–H and O–H groups in total. The minimum atomic E-state index is -0.263. The van der Waals surface area contributed by atoms with Gasteiger partial charge in [-0.1, -0.05) is 0 Å². The van der Waals surface area contributed by atoms with Crippen LogP contribution in [-0.4, -0.2) is 41.1 Å². The maximum atomic E-state index is 13.2. The summed E-state index contributed by atoms with van der Waals surface area (Å²) in [6, 6.07) is 9.68. The lowest BCUT2D eigenvalue weighted by molar-refractivity contribution is -0.891. The predicted molar refractivity (Wildman–Crippen MR) is 119 cm³/mol. The lowest BCUT2D eigenvalue weighted by Crippen LogP contribution is -2.50. The summed E-state index contributed by atoms with van der Waals surface area (Å²) in [5.74, 6) is 0.735. The Morgan fingerprint density at radius 3 is 2.62 bits per heavy atom. The standard InChI is InChI=1S/C24H28N4O4/c1-31-23-13-19-16(14-27(26-19)17-8-10-18(29)11-9-17)12-20(23)25-24(30)22-5-3-4-21(15-6-7-15)28(22)32-2/h3-5,12-15,17-18,29H,6-11H2,1-2H3/p+1. The van der Waals surface area contributed by atoms with Crippen molar-refractivity contribution in [3.05, 3.63) is 47.9 Å². The van der Waals surface area contributed by atoms with Crippen molar-refractivity contribution in [1.82, 2.24) is 9.78 Å². The number of ether oxygens (including phenoxy) is 1. The summed E-state index contributed by atoms with van der Waals surface area (Å²) >= 11 is 0. The van der Waals surface area contributed by atoms with Gasteiger partial charge in [-0.3, -0.25) is 14.3 Å². The number of hydrogen-bond acceptors (Lipinski definition) is 5. The topological polar surface area (TPSA) is 89.5 Å². The van der Waals surface area contributed by atoms with Crippen molar-refractivity contribution >= 4 is 22.5 Å². The second-order valence-electron chi connectivity index (χ2n) is 8.72. The molecule has 168 valence electrons. The fourth-order valence-corrected chi connectivity index (χ4v) is 4.60. The molecule has 0 atom stereocenters. The van der Waals surface area contributed by atoms with E-state index in [0.29, 0.717) is 23.0 Å². The van der Waals surface area contributed by atoms with Crippen LogP contribution in [0.4, 0.5) is 5.69 Å². The number of carbonyl (C=O) groups is 1. The molecule has 2 aliphatic carbocycles. The number of rotatable bonds is 6. The first kappa shape index (κ1) is 20.8. The largest absolute Gasteiger partial charge is 0.494 e. The smallest absolute Gasteiger partial charge is 0.325 e. The van der Waals surface area contributed by atoms with Gasteiger partial charge in [-0.15, -0.1) is 0 Å². The second kappa shape index (κ2) is 8.43. The molecule has 1 amide bonds. The summed E-state index contributed by atoms with van der Waals surface area (Å²) in [5, 5.41) is 18.4. The van der Waals surface area contributed by atoms with Crippen molar-refractivity contribution in [3.63, 3.8) is 0 Å². The van der Waals surface area contributed by atoms with Crippen LogP contribution in [0.2, 0.25) is 0 Å². The number of pyridine rings is 1. The number of aromatic nitrogens is 3. The molecule has 2 aromatic heterocycles. The van der Waals surface area contributed by atoms with Crippen molar-refractivity contribution in [2.45, 2.75) is 56.6 Å². The molecule has 0 saturated heterocycles. The number of benzene rings is 1. The van der Waals surface area contributed by atoms with Crippen LogP contribution in [0.25, 0.3) is 10.9 Å². The molecule has 0 spiro atoms. The summed E-state index contributed by atoms with van der Waals surface area (Å²) in [6.45, 7) is 0. The van der Waals surface area contributed by atoms with Crippen LogP contribution in [0, 0.1) is 0 Å². The summed E-state index contributed by atoms with van der Waals surface area (Å²) in [5.41, 5.74) is 2.86. The van der Waals surface area contributed by atoms with E-state index in [0.717, 1.165) is 55.1 Å². The third kappa shape index (κ3) is 3.90. The number of carbonyl (C=O) groups excluding carboxylic acids is 1. The van der Waals surface area contributed by atoms with Gasteiger partial charge in [-0.05, 0) is 50.7 Å². The molecule has 0 radical (unpaired) electrons. The van der Waals surface area contributed by atoms with E-state index < -0.39 is 0 Å². The fourth-order valence-electron chi connectivity index (χ4n) is 4.60. The van der Waals surface area contributed by atoms with Crippen LogP contribution in [0.15, 0.2) is 36.5 Å². The first-order chi connectivity index (χ1) is 15.6. The lowest BCUT2D eigenvalue weighted by atomic mass is 9.93. The zero-order valence-electron chi connectivity index (χ0n) is 18.5. The third-order valence-electron chi connectivity index (χ3n) is 6.52. The van der Waals surface area contributed by atoms with Crippen LogP contribution >= 0.6 is 0 Å². The van der Waals surface area contributed by atoms with E-state index in [2.05, 4.69) is 5.32 Å². The molecule has 8 nitrogen and oxygen atoms in total. The summed E-state index contributed by atoms with van der Waals surface area (Å²) in [7, 11) is 3.16. The summed E-state index contributed by atoms with van der Waals surface area (Å²) < 4.78 is 9.16. The lowest BCUT2D eigenvalue weighted by Gasteiger charge is -2.25. The van der Waals surface area contributed by atoms with Gasteiger partial charge < -0.3 is 15.2 Å². The number of fused-ring (bicyclic) bond motifs is 1. The van der Waals surface area contributed by atoms with Crippen molar-refractivity contribution in [1.29, 1.82) is 0 Å². The Bertz CT molecular complexity index is 1150. The molecule has 32 heavy (non-hydrogen) atoms. The van der Waals surface area contributed by atoms with E-state index in [-0.39, 0.29) is 18.1 Å². The quantitative estimate of drug-likeness (QED) is 0.579. The minimum absolute atomic E-state index is 0.202. The average Bonchev–Trinajstić information content (AvgIpc) is 3.57. The van der Waals surface area contributed by atoms with E-state index in [1.54, 1.807) is 25.0 Å². The number of anilines is 1. The highest BCUT2D eigenvalue weighted by Crippen LogP contribution is 2.38. The molecule has 0 unspecified atom stereocenters. The average molecular weight is 438 g/mol. The molecule has 2 fully saturated rings. The molecule has 1 aromatic carbocycles. The highest BCUT2D eigenvalue weighted by atomic mass is 16.6. The van der Waals surface area contributed by atoms with Crippen molar-refractivity contribution in [2.24, 2.45) is 0 Å². The molecular formula is C24H29N4O4+. The zero-order chi connectivity index (χ0) is 22.2. The zero-order valence-corrected chi connectivity index (χ0v) is 18.5. The maximum absolute atomic E-state index is 13.2. The molecule has 0 bridgehead atoms. The Kier molecular flexibility index (Phi) is 5.46. The van der Waals surface area contributed by atoms with Crippen LogP contribution in [0.1, 0.15) is 66.7 Å². The SMILES string of the molecule is COc1cc2nn(C3CCC(O)CC3)cc2cc1NC(=O)c1cccc(C2CC2)[n+]1OC. The van der Waals surface area contributed by atoms with E-state index in [1.807, 2.05) is 35.1 Å². The van der Waals surface area contributed by atoms with E-state index in [9.17, 15) is 9.90 Å². The number of methoxy groups -OCH3 is 1. The van der Waals surface area contributed by atoms with Gasteiger partial charge in [0.15, 0.2) is 0 Å². The Labute approximate surface area is 186 Å². The van der Waals surface area contributed by atoms with Gasteiger partial charge in [0.05, 0.1) is 30.5 Å². The number of amides is 1. The van der Waals surface area contributed by atoms with Crippen LogP contribution in [0.3, 0.4) is 0 Å². The number of aliphatic hydroxyl groups excluding tert-OH is 1. The Morgan fingerprint density at radius 2 is 1.94 bits per heavy atom. The van der Waals surface area contributed by atoms with Gasteiger partial charge >= 0.3 is 11.6 Å². The van der Waals surface area contributed by atoms with Crippen LogP contribution < -0.4 is 19.6 Å². The number of hydrogen-bond donors (Lipinski definition) is 2. The number of nitrogens with one attached hydrogen (secondary N) is 1. The Morgan fingerprint density at radius 1 is 1.16 bits per heavy atom. The minimum Gasteiger partial charge on any atom is -0.494 e. The third-order valence-corrected chi connectivity index (χ3v) is 6.52. The van der Waals surface area contributed by atoms with E-state index >= 15 is 0 Å². The monoisotopic (exact) mass is 437 g/mol. The normalized spacial score (nSPS) is 20.8. The first-order valence-electron chi connectivity index (χ1n) is 11.2. The summed E-state index contributed by atoms with van der Waals surface area (Å²) in [6.07, 6.45) is 7.44. The molecule has 3 aromatic rings. The highest BCUT2D eigenvalue weighted by molar-refractivity contribution is 6.04. The van der Waals surface area contributed by atoms with E-state index in [1.165, 1.54) is 0 Å². The molecule has 8 heteroatoms. The molecule has 2 heterocycles. The second-order valence-corrected chi connectivity index (χ2v) is 8.72. The van der Waals surface area contributed by atoms with Gasteiger partial charge in [-0.2, -0.15) is 5.10 Å². The Balaban J connectivity index is 1.43. The first-order valence-corrected chi connectivity index (χ1v) is 11.2. The van der Waals surface area contributed by atoms with Gasteiger partial charge in [-0.25, -0.2) is 0 Å². The molecule has 0 aliphatic heterocycles. The van der Waals surface area contributed by atoms with Gasteiger partial charge in [0.25, 0.3) is 0 Å². The van der Waals surface area contributed by atoms with Crippen LogP contribution in [0.5, 0.6) is 5.75 Å². The maximum Gasteiger partial charge on any atom is 0.325 e. The molecule has 2 saturated carbocycles. The molecular weight excluding hydrogens is 408 g/mol. The molecule has 2 aliphatic rings. The number of nitrogens with zero attached hydrogens (tertiary/aromatic N) is 3. The Hall–Kier alpha value is -3.13. The fraction of sp³-hybridized carbons (Fsp3) is 0.458. The van der Waals surface area contributed by atoms with Crippen molar-refractivity contribution < 1.29 is 24.2 Å². The van der Waals surface area contributed by atoms with Gasteiger partial charge in [0.1, 0.15) is 12.9 Å².